The number of benzene rings is 2. The summed E-state index contributed by atoms with van der Waals surface area (Å²) in [4.78, 5) is 0. The quantitative estimate of drug-likeness (QED) is 0.685. The molecule has 4 heteroatoms. The Labute approximate surface area is 102 Å². The van der Waals surface area contributed by atoms with Gasteiger partial charge >= 0.3 is 6.18 Å². The topological polar surface area (TPSA) is 0 Å². The van der Waals surface area contributed by atoms with E-state index in [1.54, 1.807) is 24.3 Å². The molecule has 0 aromatic heterocycles. The molecule has 0 unspecified atom stereocenters. The van der Waals surface area contributed by atoms with E-state index in [-0.39, 0.29) is 0 Å². The molecule has 87 valence electrons. The SMILES string of the molecule is FC(F)(F)c1cc[c]c(-c2ccc(Cl)cc2)c1. The van der Waals surface area contributed by atoms with Gasteiger partial charge in [-0.25, -0.2) is 0 Å². The Hall–Kier alpha value is -1.48. The van der Waals surface area contributed by atoms with Gasteiger partial charge in [-0.2, -0.15) is 13.2 Å². The minimum absolute atomic E-state index is 0.400. The molecule has 0 aliphatic heterocycles. The van der Waals surface area contributed by atoms with E-state index < -0.39 is 11.7 Å². The summed E-state index contributed by atoms with van der Waals surface area (Å²) >= 11 is 5.71. The average molecular weight is 256 g/mol. The summed E-state index contributed by atoms with van der Waals surface area (Å²) in [6.45, 7) is 0. The van der Waals surface area contributed by atoms with Crippen LogP contribution in [-0.4, -0.2) is 0 Å². The number of hydrogen-bond donors (Lipinski definition) is 0. The number of rotatable bonds is 1. The summed E-state index contributed by atoms with van der Waals surface area (Å²) in [7, 11) is 0. The smallest absolute Gasteiger partial charge is 0.166 e. The maximum absolute atomic E-state index is 12.5. The van der Waals surface area contributed by atoms with E-state index in [1.165, 1.54) is 6.07 Å². The molecule has 0 saturated carbocycles. The number of alkyl halides is 3. The molecule has 0 atom stereocenters. The molecule has 17 heavy (non-hydrogen) atoms. The Bertz CT molecular complexity index is 515. The average Bonchev–Trinajstić information content (AvgIpc) is 2.29. The molecular formula is C13H7ClF3. The Morgan fingerprint density at radius 1 is 1.00 bits per heavy atom. The van der Waals surface area contributed by atoms with Crippen molar-refractivity contribution in [1.82, 2.24) is 0 Å². The lowest BCUT2D eigenvalue weighted by Gasteiger charge is -2.08. The zero-order chi connectivity index (χ0) is 12.5. The van der Waals surface area contributed by atoms with E-state index in [2.05, 4.69) is 6.07 Å². The first kappa shape index (κ1) is 12.0. The molecule has 0 amide bonds. The molecule has 0 aliphatic rings. The van der Waals surface area contributed by atoms with Gasteiger partial charge in [0.15, 0.2) is 0 Å². The van der Waals surface area contributed by atoms with E-state index >= 15 is 0 Å². The summed E-state index contributed by atoms with van der Waals surface area (Å²) in [5.41, 5.74) is 0.373. The van der Waals surface area contributed by atoms with Crippen LogP contribution in [0.15, 0.2) is 42.5 Å². The monoisotopic (exact) mass is 255 g/mol. The third-order valence-corrected chi connectivity index (χ3v) is 2.54. The van der Waals surface area contributed by atoms with Crippen molar-refractivity contribution >= 4 is 11.6 Å². The lowest BCUT2D eigenvalue weighted by molar-refractivity contribution is -0.137. The van der Waals surface area contributed by atoms with Gasteiger partial charge in [0, 0.05) is 5.02 Å². The summed E-state index contributed by atoms with van der Waals surface area (Å²) in [5.74, 6) is 0. The Kier molecular flexibility index (Phi) is 3.11. The summed E-state index contributed by atoms with van der Waals surface area (Å²) in [6.07, 6.45) is -4.34. The molecule has 0 N–H and O–H groups in total. The second kappa shape index (κ2) is 4.41. The Morgan fingerprint density at radius 2 is 1.65 bits per heavy atom. The zero-order valence-corrected chi connectivity index (χ0v) is 9.31. The van der Waals surface area contributed by atoms with E-state index in [0.29, 0.717) is 16.1 Å². The van der Waals surface area contributed by atoms with E-state index in [0.717, 1.165) is 12.1 Å². The van der Waals surface area contributed by atoms with Crippen LogP contribution in [-0.2, 0) is 6.18 Å². The van der Waals surface area contributed by atoms with Crippen LogP contribution in [0.1, 0.15) is 5.56 Å². The molecule has 0 bridgehead atoms. The highest BCUT2D eigenvalue weighted by molar-refractivity contribution is 6.30. The molecule has 0 saturated heterocycles. The van der Waals surface area contributed by atoms with Crippen LogP contribution in [0.5, 0.6) is 0 Å². The summed E-state index contributed by atoms with van der Waals surface area (Å²) < 4.78 is 37.5. The van der Waals surface area contributed by atoms with E-state index in [9.17, 15) is 13.2 Å². The third-order valence-electron chi connectivity index (χ3n) is 2.28. The minimum atomic E-state index is -4.34. The van der Waals surface area contributed by atoms with Gasteiger partial charge in [0.25, 0.3) is 0 Å². The van der Waals surface area contributed by atoms with Crippen LogP contribution < -0.4 is 0 Å². The fourth-order valence-electron chi connectivity index (χ4n) is 1.44. The van der Waals surface area contributed by atoms with Gasteiger partial charge in [-0.1, -0.05) is 29.8 Å². The van der Waals surface area contributed by atoms with Crippen molar-refractivity contribution in [3.8, 4) is 11.1 Å². The highest BCUT2D eigenvalue weighted by atomic mass is 35.5. The van der Waals surface area contributed by atoms with Gasteiger partial charge in [-0.15, -0.1) is 0 Å². The lowest BCUT2D eigenvalue weighted by atomic mass is 10.0. The van der Waals surface area contributed by atoms with Gasteiger partial charge in [0.1, 0.15) is 0 Å². The fourth-order valence-corrected chi connectivity index (χ4v) is 1.56. The van der Waals surface area contributed by atoms with E-state index in [4.69, 9.17) is 11.6 Å². The first-order valence-electron chi connectivity index (χ1n) is 4.82. The largest absolute Gasteiger partial charge is 0.416 e. The Balaban J connectivity index is 2.43. The summed E-state index contributed by atoms with van der Waals surface area (Å²) in [5, 5.41) is 0.542. The molecule has 2 aromatic carbocycles. The molecule has 0 heterocycles. The van der Waals surface area contributed by atoms with Gasteiger partial charge in [0.05, 0.1) is 5.56 Å². The van der Waals surface area contributed by atoms with Crippen molar-refractivity contribution in [2.24, 2.45) is 0 Å². The molecule has 0 fully saturated rings. The van der Waals surface area contributed by atoms with Gasteiger partial charge < -0.3 is 0 Å². The number of halogens is 4. The van der Waals surface area contributed by atoms with Gasteiger partial charge in [-0.3, -0.25) is 0 Å². The predicted molar refractivity (Wildman–Crippen MR) is 60.7 cm³/mol. The third kappa shape index (κ3) is 2.80. The molecule has 0 spiro atoms. The zero-order valence-electron chi connectivity index (χ0n) is 8.55. The first-order valence-corrected chi connectivity index (χ1v) is 5.19. The molecular weight excluding hydrogens is 249 g/mol. The second-order valence-corrected chi connectivity index (χ2v) is 3.93. The fraction of sp³-hybridized carbons (Fsp3) is 0.0769. The van der Waals surface area contributed by atoms with Crippen LogP contribution in [0.2, 0.25) is 5.02 Å². The molecule has 2 aromatic rings. The maximum Gasteiger partial charge on any atom is 0.416 e. The molecule has 0 aliphatic carbocycles. The number of hydrogen-bond acceptors (Lipinski definition) is 0. The van der Waals surface area contributed by atoms with Crippen molar-refractivity contribution in [3.63, 3.8) is 0 Å². The van der Waals surface area contributed by atoms with Crippen molar-refractivity contribution in [2.45, 2.75) is 6.18 Å². The predicted octanol–water partition coefficient (Wildman–Crippen LogP) is 4.83. The summed E-state index contributed by atoms with van der Waals surface area (Å²) in [6, 6.07) is 12.7. The van der Waals surface area contributed by atoms with Crippen LogP contribution >= 0.6 is 11.6 Å². The highest BCUT2D eigenvalue weighted by Crippen LogP contribution is 2.32. The van der Waals surface area contributed by atoms with E-state index in [1.807, 2.05) is 0 Å². The van der Waals surface area contributed by atoms with Crippen molar-refractivity contribution in [1.29, 1.82) is 0 Å². The van der Waals surface area contributed by atoms with Crippen molar-refractivity contribution < 1.29 is 13.2 Å². The molecule has 2 rings (SSSR count). The normalized spacial score (nSPS) is 11.5. The van der Waals surface area contributed by atoms with Crippen LogP contribution in [0.4, 0.5) is 13.2 Å². The Morgan fingerprint density at radius 3 is 2.24 bits per heavy atom. The van der Waals surface area contributed by atoms with Gasteiger partial charge in [0.2, 0.25) is 0 Å². The molecule has 1 radical (unpaired) electrons. The maximum atomic E-state index is 12.5. The standard InChI is InChI=1S/C13H7ClF3/c14-12-6-4-9(5-7-12)10-2-1-3-11(8-10)13(15,16)17/h1,3-8H. The first-order chi connectivity index (χ1) is 7.97. The van der Waals surface area contributed by atoms with Crippen molar-refractivity contribution in [2.75, 3.05) is 0 Å². The highest BCUT2D eigenvalue weighted by Gasteiger charge is 2.30. The molecule has 0 nitrogen and oxygen atoms in total. The van der Waals surface area contributed by atoms with Gasteiger partial charge in [-0.05, 0) is 41.5 Å². The second-order valence-electron chi connectivity index (χ2n) is 3.50. The van der Waals surface area contributed by atoms with Crippen LogP contribution in [0, 0.1) is 6.07 Å². The van der Waals surface area contributed by atoms with Crippen molar-refractivity contribution in [3.05, 3.63) is 59.1 Å². The van der Waals surface area contributed by atoms with Crippen LogP contribution in [0.25, 0.3) is 11.1 Å². The lowest BCUT2D eigenvalue weighted by Crippen LogP contribution is -2.04. The minimum Gasteiger partial charge on any atom is -0.166 e. The van der Waals surface area contributed by atoms with Crippen LogP contribution in [0.3, 0.4) is 0 Å².